The zero-order valence-electron chi connectivity index (χ0n) is 14.1. The average Bonchev–Trinajstić information content (AvgIpc) is 2.63. The first-order chi connectivity index (χ1) is 11.8. The number of ether oxygens (including phenoxy) is 1. The summed E-state index contributed by atoms with van der Waals surface area (Å²) in [5.74, 6) is 0.690. The summed E-state index contributed by atoms with van der Waals surface area (Å²) in [5, 5.41) is 0.969. The molecule has 3 atom stereocenters. The van der Waals surface area contributed by atoms with Gasteiger partial charge in [-0.25, -0.2) is 0 Å². The van der Waals surface area contributed by atoms with Crippen molar-refractivity contribution < 1.29 is 9.53 Å². The molecular formula is C21H24O2Se. The zero-order chi connectivity index (χ0) is 16.8. The molecule has 1 heterocycles. The van der Waals surface area contributed by atoms with Gasteiger partial charge >= 0.3 is 151 Å². The zero-order valence-corrected chi connectivity index (χ0v) is 15.8. The molecule has 2 aromatic rings. The molecule has 0 aliphatic carbocycles. The Morgan fingerprint density at radius 1 is 1.04 bits per heavy atom. The van der Waals surface area contributed by atoms with Crippen LogP contribution in [-0.4, -0.2) is 27.0 Å². The van der Waals surface area contributed by atoms with Crippen LogP contribution in [0.15, 0.2) is 60.7 Å². The number of carbonyl (C=O) groups excluding carboxylic acids is 1. The van der Waals surface area contributed by atoms with Crippen molar-refractivity contribution in [2.75, 3.05) is 0 Å². The van der Waals surface area contributed by atoms with E-state index < -0.39 is 0 Å². The number of hydrogen-bond acceptors (Lipinski definition) is 2. The van der Waals surface area contributed by atoms with Crippen LogP contribution in [0, 0.1) is 5.92 Å². The molecule has 1 fully saturated rings. The van der Waals surface area contributed by atoms with E-state index in [-0.39, 0.29) is 12.1 Å². The number of esters is 1. The molecule has 2 aromatic carbocycles. The van der Waals surface area contributed by atoms with Gasteiger partial charge in [-0.3, -0.25) is 0 Å². The Labute approximate surface area is 150 Å². The molecule has 1 aliphatic rings. The Bertz CT molecular complexity index is 641. The molecule has 3 rings (SSSR count). The van der Waals surface area contributed by atoms with Crippen molar-refractivity contribution in [3.05, 3.63) is 66.2 Å². The molecule has 126 valence electrons. The second-order valence-corrected chi connectivity index (χ2v) is 8.62. The minimum absolute atomic E-state index is 0.0370. The van der Waals surface area contributed by atoms with E-state index in [1.54, 1.807) is 0 Å². The fourth-order valence-electron chi connectivity index (χ4n) is 3.53. The van der Waals surface area contributed by atoms with Crippen molar-refractivity contribution in [3.8, 4) is 0 Å². The first-order valence-electron chi connectivity index (χ1n) is 8.70. The van der Waals surface area contributed by atoms with E-state index in [9.17, 15) is 4.79 Å². The summed E-state index contributed by atoms with van der Waals surface area (Å²) in [6, 6.07) is 21.1. The maximum absolute atomic E-state index is 12.2. The topological polar surface area (TPSA) is 26.3 Å². The Hall–Kier alpha value is -1.57. The van der Waals surface area contributed by atoms with E-state index in [4.69, 9.17) is 4.74 Å². The fourth-order valence-corrected chi connectivity index (χ4v) is 5.68. The molecule has 2 nitrogen and oxygen atoms in total. The second-order valence-electron chi connectivity index (χ2n) is 6.33. The summed E-state index contributed by atoms with van der Waals surface area (Å²) in [7, 11) is 0. The number of carbonyl (C=O) groups is 1. The van der Waals surface area contributed by atoms with Crippen LogP contribution in [0.5, 0.6) is 0 Å². The summed E-state index contributed by atoms with van der Waals surface area (Å²) in [5.41, 5.74) is 1.28. The minimum atomic E-state index is -0.0370. The Morgan fingerprint density at radius 3 is 2.38 bits per heavy atom. The monoisotopic (exact) mass is 388 g/mol. The third-order valence-corrected chi connectivity index (χ3v) is 6.98. The Balaban J connectivity index is 1.77. The standard InChI is InChI=1S/C21H24O2Se/c1-2-9-18-19(16-10-5-3-6-11-16)14-21(22)23-20(18)15-24-17-12-7-4-8-13-17/h3-8,10-13,18-20H,2,9,14-15H2,1H3/t18-,19-,20+/m0/s1. The third-order valence-electron chi connectivity index (χ3n) is 4.67. The van der Waals surface area contributed by atoms with Crippen LogP contribution in [0.1, 0.15) is 37.7 Å². The molecule has 0 N–H and O–H groups in total. The van der Waals surface area contributed by atoms with E-state index in [2.05, 4.69) is 55.5 Å². The molecule has 0 bridgehead atoms. The number of rotatable bonds is 6. The molecule has 0 aromatic heterocycles. The number of cyclic esters (lactones) is 1. The SMILES string of the molecule is CCC[C@@H]1[C@@H](C[Se]c2ccccc2)OC(=O)C[C@H]1c1ccccc1. The summed E-state index contributed by atoms with van der Waals surface area (Å²) in [4.78, 5) is 12.2. The van der Waals surface area contributed by atoms with E-state index in [1.165, 1.54) is 10.0 Å². The molecule has 24 heavy (non-hydrogen) atoms. The molecule has 0 spiro atoms. The Morgan fingerprint density at radius 2 is 1.71 bits per heavy atom. The van der Waals surface area contributed by atoms with Crippen LogP contribution in [0.2, 0.25) is 5.32 Å². The summed E-state index contributed by atoms with van der Waals surface area (Å²) >= 11 is 0.344. The summed E-state index contributed by atoms with van der Waals surface area (Å²) in [6.07, 6.45) is 2.81. The van der Waals surface area contributed by atoms with Crippen LogP contribution >= 0.6 is 0 Å². The van der Waals surface area contributed by atoms with Crippen molar-refractivity contribution in [1.82, 2.24) is 0 Å². The van der Waals surface area contributed by atoms with Crippen molar-refractivity contribution >= 4 is 25.4 Å². The van der Waals surface area contributed by atoms with E-state index >= 15 is 0 Å². The van der Waals surface area contributed by atoms with Gasteiger partial charge in [-0.2, -0.15) is 0 Å². The Kier molecular flexibility index (Phi) is 6.12. The second kappa shape index (κ2) is 8.50. The van der Waals surface area contributed by atoms with Crippen LogP contribution in [0.4, 0.5) is 0 Å². The van der Waals surface area contributed by atoms with E-state index in [0.717, 1.165) is 18.2 Å². The summed E-state index contributed by atoms with van der Waals surface area (Å²) < 4.78 is 7.17. The van der Waals surface area contributed by atoms with Gasteiger partial charge in [0.15, 0.2) is 0 Å². The first kappa shape index (κ1) is 17.3. The van der Waals surface area contributed by atoms with E-state index in [0.29, 0.717) is 33.2 Å². The molecule has 1 saturated heterocycles. The van der Waals surface area contributed by atoms with Crippen molar-refractivity contribution in [2.45, 2.75) is 43.5 Å². The van der Waals surface area contributed by atoms with Gasteiger partial charge in [0.2, 0.25) is 0 Å². The molecular weight excluding hydrogens is 363 g/mol. The van der Waals surface area contributed by atoms with Gasteiger partial charge in [0.1, 0.15) is 0 Å². The van der Waals surface area contributed by atoms with Gasteiger partial charge in [-0.1, -0.05) is 0 Å². The normalized spacial score (nSPS) is 23.7. The average molecular weight is 387 g/mol. The van der Waals surface area contributed by atoms with Crippen molar-refractivity contribution in [2.24, 2.45) is 5.92 Å². The van der Waals surface area contributed by atoms with E-state index in [1.807, 2.05) is 12.1 Å². The fraction of sp³-hybridized carbons (Fsp3) is 0.381. The van der Waals surface area contributed by atoms with Gasteiger partial charge in [0.25, 0.3) is 0 Å². The predicted octanol–water partition coefficient (Wildman–Crippen LogP) is 3.95. The molecule has 0 amide bonds. The van der Waals surface area contributed by atoms with Crippen LogP contribution in [0.3, 0.4) is 0 Å². The van der Waals surface area contributed by atoms with Crippen LogP contribution < -0.4 is 4.46 Å². The molecule has 3 heteroatoms. The van der Waals surface area contributed by atoms with Crippen molar-refractivity contribution in [3.63, 3.8) is 0 Å². The predicted molar refractivity (Wildman–Crippen MR) is 98.7 cm³/mol. The van der Waals surface area contributed by atoms with Gasteiger partial charge in [-0.15, -0.1) is 0 Å². The van der Waals surface area contributed by atoms with Gasteiger partial charge in [0.05, 0.1) is 0 Å². The quantitative estimate of drug-likeness (QED) is 0.554. The van der Waals surface area contributed by atoms with Gasteiger partial charge in [-0.05, 0) is 0 Å². The molecule has 0 unspecified atom stereocenters. The number of hydrogen-bond donors (Lipinski definition) is 0. The van der Waals surface area contributed by atoms with Gasteiger partial charge < -0.3 is 0 Å². The maximum atomic E-state index is 12.2. The third kappa shape index (κ3) is 4.28. The molecule has 0 radical (unpaired) electrons. The van der Waals surface area contributed by atoms with Gasteiger partial charge in [0, 0.05) is 0 Å². The number of benzene rings is 2. The first-order valence-corrected chi connectivity index (χ1v) is 10.8. The molecule has 1 aliphatic heterocycles. The summed E-state index contributed by atoms with van der Waals surface area (Å²) in [6.45, 7) is 2.22. The molecule has 0 saturated carbocycles. The van der Waals surface area contributed by atoms with Crippen LogP contribution in [-0.2, 0) is 9.53 Å². The van der Waals surface area contributed by atoms with Crippen LogP contribution in [0.25, 0.3) is 0 Å². The van der Waals surface area contributed by atoms with Crippen molar-refractivity contribution in [1.29, 1.82) is 0 Å².